The Labute approximate surface area is 126 Å². The van der Waals surface area contributed by atoms with Gasteiger partial charge in [0, 0.05) is 22.8 Å². The Hall–Kier alpha value is -0.730. The average molecular weight is 329 g/mol. The molecule has 1 aliphatic carbocycles. The zero-order valence-corrected chi connectivity index (χ0v) is 13.2. The number of hydrogen-bond acceptors (Lipinski definition) is 5. The molecule has 1 N–H and O–H groups in total. The third-order valence-corrected chi connectivity index (χ3v) is 6.94. The van der Waals surface area contributed by atoms with E-state index < -0.39 is 10.0 Å². The van der Waals surface area contributed by atoms with E-state index in [1.807, 2.05) is 16.8 Å². The van der Waals surface area contributed by atoms with E-state index in [4.69, 9.17) is 5.11 Å². The SMILES string of the molecule is O=S(=O)(c1csc(CO)c1)N(Cc1ccsc1)C1CC1. The van der Waals surface area contributed by atoms with E-state index in [2.05, 4.69) is 0 Å². The molecule has 7 heteroatoms. The van der Waals surface area contributed by atoms with Crippen molar-refractivity contribution < 1.29 is 13.5 Å². The summed E-state index contributed by atoms with van der Waals surface area (Å²) in [5, 5.41) is 14.6. The fourth-order valence-corrected chi connectivity index (χ4v) is 5.50. The molecule has 0 amide bonds. The highest BCUT2D eigenvalue weighted by atomic mass is 32.2. The molecule has 2 aromatic rings. The Bertz CT molecular complexity index is 672. The molecule has 0 aromatic carbocycles. The molecule has 3 rings (SSSR count). The predicted molar refractivity (Wildman–Crippen MR) is 80.3 cm³/mol. The molecule has 0 bridgehead atoms. The average Bonchev–Trinajstić information content (AvgIpc) is 2.96. The summed E-state index contributed by atoms with van der Waals surface area (Å²) in [5.74, 6) is 0. The van der Waals surface area contributed by atoms with Gasteiger partial charge in [-0.1, -0.05) is 0 Å². The van der Waals surface area contributed by atoms with Crippen molar-refractivity contribution >= 4 is 32.7 Å². The van der Waals surface area contributed by atoms with Crippen molar-refractivity contribution in [3.05, 3.63) is 38.7 Å². The van der Waals surface area contributed by atoms with Crippen LogP contribution in [0, 0.1) is 0 Å². The first-order chi connectivity index (χ1) is 9.61. The highest BCUT2D eigenvalue weighted by Gasteiger charge is 2.38. The van der Waals surface area contributed by atoms with Gasteiger partial charge in [-0.05, 0) is 41.3 Å². The quantitative estimate of drug-likeness (QED) is 0.886. The van der Waals surface area contributed by atoms with E-state index >= 15 is 0 Å². The van der Waals surface area contributed by atoms with E-state index in [9.17, 15) is 8.42 Å². The van der Waals surface area contributed by atoms with Crippen LogP contribution in [-0.2, 0) is 23.2 Å². The summed E-state index contributed by atoms with van der Waals surface area (Å²) < 4.78 is 27.0. The van der Waals surface area contributed by atoms with Crippen LogP contribution in [0.25, 0.3) is 0 Å². The smallest absolute Gasteiger partial charge is 0.244 e. The van der Waals surface area contributed by atoms with E-state index in [1.165, 1.54) is 11.3 Å². The lowest BCUT2D eigenvalue weighted by Gasteiger charge is -2.20. The van der Waals surface area contributed by atoms with Gasteiger partial charge in [-0.3, -0.25) is 0 Å². The van der Waals surface area contributed by atoms with Gasteiger partial charge in [-0.25, -0.2) is 8.42 Å². The van der Waals surface area contributed by atoms with Crippen LogP contribution in [0.4, 0.5) is 0 Å². The molecule has 0 unspecified atom stereocenters. The molecule has 1 saturated carbocycles. The van der Waals surface area contributed by atoms with Crippen LogP contribution in [0.3, 0.4) is 0 Å². The highest BCUT2D eigenvalue weighted by molar-refractivity contribution is 7.89. The van der Waals surface area contributed by atoms with Crippen molar-refractivity contribution in [1.29, 1.82) is 0 Å². The number of thiophene rings is 2. The van der Waals surface area contributed by atoms with Crippen molar-refractivity contribution in [3.63, 3.8) is 0 Å². The van der Waals surface area contributed by atoms with Crippen molar-refractivity contribution in [1.82, 2.24) is 4.31 Å². The second-order valence-electron chi connectivity index (χ2n) is 4.82. The normalized spacial score (nSPS) is 15.9. The topological polar surface area (TPSA) is 57.6 Å². The molecule has 0 saturated heterocycles. The second kappa shape index (κ2) is 5.57. The molecule has 0 atom stereocenters. The maximum absolute atomic E-state index is 12.7. The summed E-state index contributed by atoms with van der Waals surface area (Å²) >= 11 is 2.86. The maximum atomic E-state index is 12.7. The molecule has 0 radical (unpaired) electrons. The van der Waals surface area contributed by atoms with Gasteiger partial charge in [0.25, 0.3) is 0 Å². The van der Waals surface area contributed by atoms with Gasteiger partial charge in [0.2, 0.25) is 10.0 Å². The lowest BCUT2D eigenvalue weighted by atomic mass is 10.3. The zero-order valence-electron chi connectivity index (χ0n) is 10.7. The summed E-state index contributed by atoms with van der Waals surface area (Å²) in [7, 11) is -3.47. The van der Waals surface area contributed by atoms with Crippen LogP contribution in [0.2, 0.25) is 0 Å². The highest BCUT2D eigenvalue weighted by Crippen LogP contribution is 2.34. The first kappa shape index (κ1) is 14.2. The third-order valence-electron chi connectivity index (χ3n) is 3.26. The molecule has 2 aromatic heterocycles. The Morgan fingerprint density at radius 2 is 2.15 bits per heavy atom. The van der Waals surface area contributed by atoms with Gasteiger partial charge >= 0.3 is 0 Å². The summed E-state index contributed by atoms with van der Waals surface area (Å²) in [6, 6.07) is 3.66. The van der Waals surface area contributed by atoms with Gasteiger partial charge in [-0.2, -0.15) is 15.6 Å². The van der Waals surface area contributed by atoms with Crippen molar-refractivity contribution in [3.8, 4) is 0 Å². The largest absolute Gasteiger partial charge is 0.391 e. The molecular formula is C13H15NO3S3. The fraction of sp³-hybridized carbons (Fsp3) is 0.385. The van der Waals surface area contributed by atoms with Crippen LogP contribution in [0.5, 0.6) is 0 Å². The molecule has 0 aliphatic heterocycles. The van der Waals surface area contributed by atoms with Gasteiger partial charge in [0.05, 0.1) is 11.5 Å². The van der Waals surface area contributed by atoms with Crippen molar-refractivity contribution in [2.75, 3.05) is 0 Å². The molecule has 0 spiro atoms. The van der Waals surface area contributed by atoms with Crippen molar-refractivity contribution in [2.24, 2.45) is 0 Å². The number of aliphatic hydroxyl groups is 1. The molecule has 20 heavy (non-hydrogen) atoms. The number of sulfonamides is 1. The van der Waals surface area contributed by atoms with Gasteiger partial charge in [0.1, 0.15) is 0 Å². The summed E-state index contributed by atoms with van der Waals surface area (Å²) in [4.78, 5) is 0.975. The Kier molecular flexibility index (Phi) is 3.96. The Morgan fingerprint density at radius 1 is 1.35 bits per heavy atom. The van der Waals surface area contributed by atoms with E-state index in [-0.39, 0.29) is 12.6 Å². The third kappa shape index (κ3) is 2.82. The molecule has 4 nitrogen and oxygen atoms in total. The maximum Gasteiger partial charge on any atom is 0.244 e. The molecule has 1 aliphatic rings. The summed E-state index contributed by atoms with van der Waals surface area (Å²) in [6.07, 6.45) is 1.86. The van der Waals surface area contributed by atoms with Gasteiger partial charge in [-0.15, -0.1) is 11.3 Å². The molecule has 2 heterocycles. The van der Waals surface area contributed by atoms with Crippen LogP contribution >= 0.6 is 22.7 Å². The minimum atomic E-state index is -3.47. The zero-order chi connectivity index (χ0) is 14.2. The molecule has 108 valence electrons. The minimum absolute atomic E-state index is 0.117. The number of rotatable bonds is 6. The van der Waals surface area contributed by atoms with Gasteiger partial charge in [0.15, 0.2) is 0 Å². The number of nitrogens with zero attached hydrogens (tertiary/aromatic N) is 1. The van der Waals surface area contributed by atoms with Crippen molar-refractivity contribution in [2.45, 2.75) is 36.9 Å². The minimum Gasteiger partial charge on any atom is -0.391 e. The lowest BCUT2D eigenvalue weighted by molar-refractivity contribution is 0.285. The van der Waals surface area contributed by atoms with E-state index in [0.29, 0.717) is 16.3 Å². The summed E-state index contributed by atoms with van der Waals surface area (Å²) in [5.41, 5.74) is 1.03. The molecular weight excluding hydrogens is 314 g/mol. The standard InChI is InChI=1S/C13H15NO3S3/c15-7-12-5-13(9-19-12)20(16,17)14(11-1-2-11)6-10-3-4-18-8-10/h3-5,8-9,11,15H,1-2,6-7H2. The van der Waals surface area contributed by atoms with Crippen LogP contribution in [-0.4, -0.2) is 23.9 Å². The molecule has 1 fully saturated rings. The van der Waals surface area contributed by atoms with E-state index in [1.54, 1.807) is 27.1 Å². The number of aliphatic hydroxyl groups excluding tert-OH is 1. The van der Waals surface area contributed by atoms with E-state index in [0.717, 1.165) is 18.4 Å². The predicted octanol–water partition coefficient (Wildman–Crippen LogP) is 2.66. The van der Waals surface area contributed by atoms with Crippen LogP contribution in [0.1, 0.15) is 23.3 Å². The number of hydrogen-bond donors (Lipinski definition) is 1. The van der Waals surface area contributed by atoms with Gasteiger partial charge < -0.3 is 5.11 Å². The first-order valence-corrected chi connectivity index (χ1v) is 9.58. The van der Waals surface area contributed by atoms with Crippen LogP contribution in [0.15, 0.2) is 33.2 Å². The van der Waals surface area contributed by atoms with Crippen LogP contribution < -0.4 is 0 Å². The fourth-order valence-electron chi connectivity index (χ4n) is 2.05. The first-order valence-electron chi connectivity index (χ1n) is 6.32. The lowest BCUT2D eigenvalue weighted by Crippen LogP contribution is -2.32. The summed E-state index contributed by atoms with van der Waals surface area (Å²) in [6.45, 7) is 0.314. The monoisotopic (exact) mass is 329 g/mol. The second-order valence-corrected chi connectivity index (χ2v) is 8.49. The Balaban J connectivity index is 1.89. The Morgan fingerprint density at radius 3 is 2.70 bits per heavy atom.